The number of nitrogens with one attached hydrogen (secondary N) is 1. The predicted molar refractivity (Wildman–Crippen MR) is 70.9 cm³/mol. The minimum absolute atomic E-state index is 0.456. The molecule has 1 aromatic rings. The Hall–Kier alpha value is -1.42. The van der Waals surface area contributed by atoms with Gasteiger partial charge in [-0.15, -0.1) is 0 Å². The molecule has 1 aliphatic rings. The van der Waals surface area contributed by atoms with Crippen LogP contribution in [-0.2, 0) is 0 Å². The SMILES string of the molecule is COc1cc(OC)c(C2CCNC2C)cc1OC. The van der Waals surface area contributed by atoms with E-state index in [4.69, 9.17) is 14.2 Å². The van der Waals surface area contributed by atoms with Crippen LogP contribution in [0.15, 0.2) is 12.1 Å². The van der Waals surface area contributed by atoms with E-state index in [0.717, 1.165) is 24.5 Å². The predicted octanol–water partition coefficient (Wildman–Crippen LogP) is 2.18. The lowest BCUT2D eigenvalue weighted by molar-refractivity contribution is 0.346. The quantitative estimate of drug-likeness (QED) is 0.890. The fourth-order valence-electron chi connectivity index (χ4n) is 2.63. The average molecular weight is 251 g/mol. The van der Waals surface area contributed by atoms with E-state index in [9.17, 15) is 0 Å². The summed E-state index contributed by atoms with van der Waals surface area (Å²) in [6, 6.07) is 4.39. The van der Waals surface area contributed by atoms with Gasteiger partial charge in [-0.2, -0.15) is 0 Å². The highest BCUT2D eigenvalue weighted by Gasteiger charge is 2.28. The summed E-state index contributed by atoms with van der Waals surface area (Å²) in [6.45, 7) is 3.25. The van der Waals surface area contributed by atoms with Gasteiger partial charge in [0, 0.05) is 23.6 Å². The Bertz CT molecular complexity index is 420. The van der Waals surface area contributed by atoms with E-state index >= 15 is 0 Å². The fourth-order valence-corrected chi connectivity index (χ4v) is 2.63. The number of rotatable bonds is 4. The van der Waals surface area contributed by atoms with Crippen molar-refractivity contribution in [3.8, 4) is 17.2 Å². The summed E-state index contributed by atoms with van der Waals surface area (Å²) in [5, 5.41) is 3.46. The van der Waals surface area contributed by atoms with Gasteiger partial charge in [0.15, 0.2) is 11.5 Å². The Morgan fingerprint density at radius 3 is 2.11 bits per heavy atom. The summed E-state index contributed by atoms with van der Waals surface area (Å²) in [6.07, 6.45) is 1.12. The minimum atomic E-state index is 0.456. The van der Waals surface area contributed by atoms with E-state index in [0.29, 0.717) is 17.7 Å². The molecule has 2 unspecified atom stereocenters. The van der Waals surface area contributed by atoms with Crippen LogP contribution in [0.1, 0.15) is 24.8 Å². The lowest BCUT2D eigenvalue weighted by Gasteiger charge is -2.20. The third-order valence-electron chi connectivity index (χ3n) is 3.66. The minimum Gasteiger partial charge on any atom is -0.496 e. The Balaban J connectivity index is 2.44. The summed E-state index contributed by atoms with van der Waals surface area (Å²) in [7, 11) is 4.99. The molecule has 0 aliphatic carbocycles. The van der Waals surface area contributed by atoms with Gasteiger partial charge in [-0.25, -0.2) is 0 Å². The van der Waals surface area contributed by atoms with Gasteiger partial charge in [0.25, 0.3) is 0 Å². The Morgan fingerprint density at radius 2 is 1.61 bits per heavy atom. The van der Waals surface area contributed by atoms with Crippen molar-refractivity contribution in [2.45, 2.75) is 25.3 Å². The first-order valence-corrected chi connectivity index (χ1v) is 6.24. The van der Waals surface area contributed by atoms with Crippen molar-refractivity contribution in [2.24, 2.45) is 0 Å². The molecular formula is C14H21NO3. The summed E-state index contributed by atoms with van der Waals surface area (Å²) < 4.78 is 16.2. The second kappa shape index (κ2) is 5.48. The van der Waals surface area contributed by atoms with Gasteiger partial charge in [-0.1, -0.05) is 0 Å². The maximum Gasteiger partial charge on any atom is 0.164 e. The highest BCUT2D eigenvalue weighted by atomic mass is 16.5. The van der Waals surface area contributed by atoms with Crippen molar-refractivity contribution >= 4 is 0 Å². The lowest BCUT2D eigenvalue weighted by atomic mass is 9.91. The van der Waals surface area contributed by atoms with Gasteiger partial charge in [-0.3, -0.25) is 0 Å². The van der Waals surface area contributed by atoms with Crippen LogP contribution in [0.3, 0.4) is 0 Å². The second-order valence-electron chi connectivity index (χ2n) is 4.59. The second-order valence-corrected chi connectivity index (χ2v) is 4.59. The van der Waals surface area contributed by atoms with Crippen LogP contribution in [0.5, 0.6) is 17.2 Å². The standard InChI is InChI=1S/C14H21NO3/c1-9-10(5-6-15-9)11-7-13(17-3)14(18-4)8-12(11)16-2/h7-10,15H,5-6H2,1-4H3. The maximum absolute atomic E-state index is 5.48. The van der Waals surface area contributed by atoms with E-state index < -0.39 is 0 Å². The number of benzene rings is 1. The van der Waals surface area contributed by atoms with Gasteiger partial charge >= 0.3 is 0 Å². The van der Waals surface area contributed by atoms with E-state index in [1.54, 1.807) is 21.3 Å². The highest BCUT2D eigenvalue weighted by molar-refractivity contribution is 5.52. The van der Waals surface area contributed by atoms with Gasteiger partial charge < -0.3 is 19.5 Å². The first-order valence-electron chi connectivity index (χ1n) is 6.24. The highest BCUT2D eigenvalue weighted by Crippen LogP contribution is 2.41. The van der Waals surface area contributed by atoms with E-state index in [-0.39, 0.29) is 0 Å². The zero-order valence-corrected chi connectivity index (χ0v) is 11.4. The van der Waals surface area contributed by atoms with Crippen LogP contribution < -0.4 is 19.5 Å². The lowest BCUT2D eigenvalue weighted by Crippen LogP contribution is -2.21. The fraction of sp³-hybridized carbons (Fsp3) is 0.571. The van der Waals surface area contributed by atoms with Gasteiger partial charge in [0.1, 0.15) is 5.75 Å². The maximum atomic E-state index is 5.48. The van der Waals surface area contributed by atoms with Gasteiger partial charge in [0.2, 0.25) is 0 Å². The third-order valence-corrected chi connectivity index (χ3v) is 3.66. The number of hydrogen-bond acceptors (Lipinski definition) is 4. The molecule has 18 heavy (non-hydrogen) atoms. The van der Waals surface area contributed by atoms with Crippen LogP contribution in [0.2, 0.25) is 0 Å². The van der Waals surface area contributed by atoms with Crippen LogP contribution in [0.4, 0.5) is 0 Å². The first kappa shape index (κ1) is 13.0. The smallest absolute Gasteiger partial charge is 0.164 e. The Kier molecular flexibility index (Phi) is 3.97. The number of methoxy groups -OCH3 is 3. The molecule has 1 aliphatic heterocycles. The molecule has 0 amide bonds. The van der Waals surface area contributed by atoms with Crippen molar-refractivity contribution in [3.63, 3.8) is 0 Å². The summed E-state index contributed by atoms with van der Waals surface area (Å²) in [4.78, 5) is 0. The summed E-state index contributed by atoms with van der Waals surface area (Å²) in [5.41, 5.74) is 1.19. The largest absolute Gasteiger partial charge is 0.496 e. The van der Waals surface area contributed by atoms with Crippen LogP contribution in [0.25, 0.3) is 0 Å². The van der Waals surface area contributed by atoms with Crippen LogP contribution in [-0.4, -0.2) is 33.9 Å². The zero-order valence-electron chi connectivity index (χ0n) is 11.4. The molecule has 1 aromatic carbocycles. The number of hydrogen-bond donors (Lipinski definition) is 1. The molecule has 0 spiro atoms. The molecule has 1 saturated heterocycles. The number of ether oxygens (including phenoxy) is 3. The Morgan fingerprint density at radius 1 is 1.00 bits per heavy atom. The molecule has 0 bridgehead atoms. The van der Waals surface area contributed by atoms with E-state index in [1.807, 2.05) is 12.1 Å². The van der Waals surface area contributed by atoms with E-state index in [2.05, 4.69) is 12.2 Å². The molecule has 1 N–H and O–H groups in total. The molecule has 100 valence electrons. The molecule has 1 heterocycles. The van der Waals surface area contributed by atoms with Crippen molar-refractivity contribution < 1.29 is 14.2 Å². The normalized spacial score (nSPS) is 22.9. The summed E-state index contributed by atoms with van der Waals surface area (Å²) >= 11 is 0. The van der Waals surface area contributed by atoms with Crippen molar-refractivity contribution in [3.05, 3.63) is 17.7 Å². The molecule has 1 fully saturated rings. The molecule has 2 atom stereocenters. The first-order chi connectivity index (χ1) is 8.71. The van der Waals surface area contributed by atoms with Gasteiger partial charge in [0.05, 0.1) is 21.3 Å². The molecule has 0 aromatic heterocycles. The molecule has 0 radical (unpaired) electrons. The average Bonchev–Trinajstić information content (AvgIpc) is 2.83. The molecule has 0 saturated carbocycles. The van der Waals surface area contributed by atoms with Crippen molar-refractivity contribution in [1.82, 2.24) is 5.32 Å². The van der Waals surface area contributed by atoms with E-state index in [1.165, 1.54) is 5.56 Å². The topological polar surface area (TPSA) is 39.7 Å². The third kappa shape index (κ3) is 2.25. The Labute approximate surface area is 108 Å². The van der Waals surface area contributed by atoms with Crippen molar-refractivity contribution in [1.29, 1.82) is 0 Å². The van der Waals surface area contributed by atoms with Crippen LogP contribution >= 0.6 is 0 Å². The zero-order chi connectivity index (χ0) is 13.1. The molecular weight excluding hydrogens is 230 g/mol. The van der Waals surface area contributed by atoms with Gasteiger partial charge in [-0.05, 0) is 26.0 Å². The summed E-state index contributed by atoms with van der Waals surface area (Å²) in [5.74, 6) is 2.79. The van der Waals surface area contributed by atoms with Crippen molar-refractivity contribution in [2.75, 3.05) is 27.9 Å². The molecule has 2 rings (SSSR count). The van der Waals surface area contributed by atoms with Crippen LogP contribution in [0, 0.1) is 0 Å². The monoisotopic (exact) mass is 251 g/mol. The molecule has 4 nitrogen and oxygen atoms in total. The molecule has 4 heteroatoms.